The molecule has 0 unspecified atom stereocenters. The first-order chi connectivity index (χ1) is 29.2. The van der Waals surface area contributed by atoms with Gasteiger partial charge in [-0.05, 0) is 74.3 Å². The van der Waals surface area contributed by atoms with Crippen LogP contribution in [0.4, 0.5) is 35.1 Å². The number of hydrogen-bond acceptors (Lipinski definition) is 2. The molecule has 62 heavy (non-hydrogen) atoms. The van der Waals surface area contributed by atoms with E-state index in [2.05, 4.69) is 16.6 Å². The van der Waals surface area contributed by atoms with E-state index < -0.39 is 40.1 Å². The third-order valence-corrected chi connectivity index (χ3v) is 10.7. The summed E-state index contributed by atoms with van der Waals surface area (Å²) in [5.41, 5.74) is 1.42. The van der Waals surface area contributed by atoms with E-state index >= 15 is 17.6 Å². The number of nitrogens with zero attached hydrogens (tertiary/aromatic N) is 4. The summed E-state index contributed by atoms with van der Waals surface area (Å²) >= 11 is 4.45. The molecule has 0 saturated carbocycles. The van der Waals surface area contributed by atoms with Crippen molar-refractivity contribution < 1.29 is 54.6 Å². The summed E-state index contributed by atoms with van der Waals surface area (Å²) in [4.78, 5) is 19.5. The molecule has 5 heterocycles. The fourth-order valence-corrected chi connectivity index (χ4v) is 7.67. The van der Waals surface area contributed by atoms with Crippen molar-refractivity contribution in [2.75, 3.05) is 0 Å². The van der Waals surface area contributed by atoms with Crippen LogP contribution in [-0.4, -0.2) is 33.1 Å². The Hall–Kier alpha value is -6.17. The van der Waals surface area contributed by atoms with E-state index in [-0.39, 0.29) is 52.7 Å². The number of halogens is 9. The smallest absolute Gasteiger partial charge is 0.657 e. The van der Waals surface area contributed by atoms with Gasteiger partial charge in [0.05, 0.1) is 28.3 Å². The Kier molecular flexibility index (Phi) is 10.9. The first kappa shape index (κ1) is 42.5. The first-order valence-electron chi connectivity index (χ1n) is 18.7. The molecule has 0 amide bonds. The molecular weight excluding hydrogens is 885 g/mol. The average Bonchev–Trinajstić information content (AvgIpc) is 4.09. The number of alkyl halides is 9. The molecule has 0 fully saturated rings. The number of benzene rings is 4. The predicted molar refractivity (Wildman–Crippen MR) is 223 cm³/mol. The Morgan fingerprint density at radius 3 is 1.11 bits per heavy atom. The van der Waals surface area contributed by atoms with Crippen molar-refractivity contribution in [3.05, 3.63) is 168 Å². The van der Waals surface area contributed by atoms with Crippen LogP contribution in [0.3, 0.4) is 0 Å². The first-order valence-corrected chi connectivity index (χ1v) is 19.1. The van der Waals surface area contributed by atoms with E-state index in [4.69, 9.17) is 15.0 Å². The Morgan fingerprint density at radius 2 is 0.742 bits per heavy atom. The molecule has 4 nitrogen and oxygen atoms in total. The molecule has 304 valence electrons. The van der Waals surface area contributed by atoms with Gasteiger partial charge in [0.2, 0.25) is 0 Å². The van der Waals surface area contributed by atoms with E-state index in [1.807, 2.05) is 54.6 Å². The maximum atomic E-state index is 16.8. The van der Waals surface area contributed by atoms with Crippen LogP contribution in [0.15, 0.2) is 146 Å². The van der Waals surface area contributed by atoms with Crippen molar-refractivity contribution in [2.45, 2.75) is 23.1 Å². The van der Waals surface area contributed by atoms with E-state index in [1.54, 1.807) is 84.9 Å². The van der Waals surface area contributed by atoms with Gasteiger partial charge in [-0.15, -0.1) is 22.1 Å². The summed E-state index contributed by atoms with van der Waals surface area (Å²) in [7, 11) is 0. The molecule has 9 rings (SSSR count). The van der Waals surface area contributed by atoms with Crippen LogP contribution in [0, 0.1) is 0 Å². The van der Waals surface area contributed by atoms with Gasteiger partial charge in [-0.25, -0.2) is 9.97 Å². The quantitative estimate of drug-likeness (QED) is 0.0866. The van der Waals surface area contributed by atoms with Crippen molar-refractivity contribution in [1.82, 2.24) is 19.9 Å². The standard InChI is InChI=1S/C48H27ClF8N4.Zn/c49-48(56,57)47(54,55)46(52,53)45(50,51)32-27-39-42(30-17-9-3-10-18-30)37-24-23-35(59-37)40(28-13-5-1-6-14-28)33-21-22-34(58-33)41(29-15-7-2-8-16-29)36-25-26-38(60-36)43(44(32)61-39)31-19-11-4-12-20-31;/h1-27H;/q-2;+2. The second-order valence-corrected chi connectivity index (χ2v) is 14.7. The maximum absolute atomic E-state index is 16.8. The van der Waals surface area contributed by atoms with Crippen LogP contribution < -0.4 is 9.97 Å². The summed E-state index contributed by atoms with van der Waals surface area (Å²) in [6.07, 6.45) is 4.17. The normalized spacial score (nSPS) is 13.1. The summed E-state index contributed by atoms with van der Waals surface area (Å²) < 4.78 is 123. The van der Waals surface area contributed by atoms with Crippen molar-refractivity contribution in [3.63, 3.8) is 0 Å². The molecular formula is C48H27ClF8N4Zn. The van der Waals surface area contributed by atoms with Crippen molar-refractivity contribution in [1.29, 1.82) is 0 Å². The molecule has 0 aliphatic carbocycles. The van der Waals surface area contributed by atoms with Gasteiger partial charge < -0.3 is 9.97 Å². The number of hydrogen-bond donors (Lipinski definition) is 0. The van der Waals surface area contributed by atoms with Crippen LogP contribution in [0.5, 0.6) is 0 Å². The zero-order valence-corrected chi connectivity index (χ0v) is 35.7. The van der Waals surface area contributed by atoms with Gasteiger partial charge in [0.15, 0.2) is 0 Å². The topological polar surface area (TPSA) is 54.0 Å². The predicted octanol–water partition coefficient (Wildman–Crippen LogP) is 13.7. The number of rotatable bonds is 8. The monoisotopic (exact) mass is 910 g/mol. The number of aromatic nitrogens is 4. The van der Waals surface area contributed by atoms with Crippen LogP contribution in [0.2, 0.25) is 0 Å². The summed E-state index contributed by atoms with van der Waals surface area (Å²) in [5, 5.41) is -6.08. The SMILES string of the molecule is FC(F)(Cl)C(F)(F)C(F)(F)C(F)(F)C1=Cc2nc1c(-c1ccccc1)c1ccc([n-]1)c(-c1ccccc1)c1nc(c(-c3ccccc3)c3ccc([n-]3)c2-c2ccccc2)C=C1.[Zn+2]. The van der Waals surface area contributed by atoms with Crippen molar-refractivity contribution in [2.24, 2.45) is 0 Å². The van der Waals surface area contributed by atoms with Gasteiger partial charge in [-0.1, -0.05) is 146 Å². The molecule has 2 aliphatic rings. The maximum Gasteiger partial charge on any atom is 2.00 e. The molecule has 3 aromatic heterocycles. The molecule has 0 spiro atoms. The summed E-state index contributed by atoms with van der Waals surface area (Å²) in [6.45, 7) is 0. The third kappa shape index (κ3) is 7.07. The van der Waals surface area contributed by atoms with Gasteiger partial charge in [0, 0.05) is 0 Å². The van der Waals surface area contributed by atoms with Gasteiger partial charge in [-0.2, -0.15) is 35.1 Å². The van der Waals surface area contributed by atoms with Gasteiger partial charge in [0.25, 0.3) is 0 Å². The zero-order chi connectivity index (χ0) is 42.7. The van der Waals surface area contributed by atoms with Gasteiger partial charge in [-0.3, -0.25) is 0 Å². The van der Waals surface area contributed by atoms with E-state index in [0.29, 0.717) is 45.2 Å². The second kappa shape index (κ2) is 15.9. The minimum Gasteiger partial charge on any atom is -0.657 e. The molecule has 0 atom stereocenters. The minimum atomic E-state index is -6.76. The van der Waals surface area contributed by atoms with Crippen LogP contribution >= 0.6 is 11.6 Å². The zero-order valence-electron chi connectivity index (χ0n) is 32.0. The fraction of sp³-hybridized carbons (Fsp3) is 0.0833. The number of fused-ring (bicyclic) bond motifs is 8. The van der Waals surface area contributed by atoms with Crippen LogP contribution in [0.1, 0.15) is 22.8 Å². The fourth-order valence-electron chi connectivity index (χ4n) is 7.55. The Labute approximate surface area is 366 Å². The van der Waals surface area contributed by atoms with Gasteiger partial charge >= 0.3 is 42.6 Å². The van der Waals surface area contributed by atoms with E-state index in [9.17, 15) is 17.6 Å². The van der Waals surface area contributed by atoms with Crippen molar-refractivity contribution in [3.8, 4) is 44.5 Å². The molecule has 0 radical (unpaired) electrons. The molecule has 0 saturated heterocycles. The second-order valence-electron chi connectivity index (χ2n) is 14.2. The van der Waals surface area contributed by atoms with Crippen LogP contribution in [-0.2, 0) is 19.5 Å². The summed E-state index contributed by atoms with van der Waals surface area (Å²) in [6, 6.07) is 40.4. The van der Waals surface area contributed by atoms with E-state index in [0.717, 1.165) is 5.56 Å². The largest absolute Gasteiger partial charge is 2.00 e. The molecule has 2 aliphatic heterocycles. The molecule has 14 heteroatoms. The molecule has 7 aromatic rings. The minimum absolute atomic E-state index is 0. The van der Waals surface area contributed by atoms with Crippen LogP contribution in [0.25, 0.3) is 90.4 Å². The van der Waals surface area contributed by atoms with Crippen molar-refractivity contribution >= 4 is 57.5 Å². The van der Waals surface area contributed by atoms with E-state index in [1.165, 1.54) is 18.2 Å². The molecule has 0 N–H and O–H groups in total. The third-order valence-electron chi connectivity index (χ3n) is 10.5. The Morgan fingerprint density at radius 1 is 0.403 bits per heavy atom. The number of allylic oxidation sites excluding steroid dienone is 1. The van der Waals surface area contributed by atoms with Gasteiger partial charge in [0.1, 0.15) is 0 Å². The molecule has 8 bridgehead atoms. The Bertz CT molecular complexity index is 3040. The summed E-state index contributed by atoms with van der Waals surface area (Å²) in [5.74, 6) is -19.5. The molecule has 4 aromatic carbocycles. The average molecular weight is 913 g/mol. The Balaban J connectivity index is 0.00000529.